The van der Waals surface area contributed by atoms with E-state index in [0.29, 0.717) is 25.9 Å². The van der Waals surface area contributed by atoms with E-state index in [-0.39, 0.29) is 22.5 Å². The van der Waals surface area contributed by atoms with Crippen molar-refractivity contribution in [3.8, 4) is 0 Å². The number of aliphatic carboxylic acids is 1. The molecule has 2 aromatic heterocycles. The van der Waals surface area contributed by atoms with Gasteiger partial charge in [0.05, 0.1) is 22.6 Å². The molecule has 0 radical (unpaired) electrons. The molecule has 1 N–H and O–H groups in total. The van der Waals surface area contributed by atoms with Gasteiger partial charge < -0.3 is 10.0 Å². The molecule has 0 spiro atoms. The van der Waals surface area contributed by atoms with E-state index in [1.54, 1.807) is 11.9 Å². The van der Waals surface area contributed by atoms with E-state index in [1.165, 1.54) is 11.6 Å². The first kappa shape index (κ1) is 16.5. The van der Waals surface area contributed by atoms with E-state index < -0.39 is 23.6 Å². The average molecular weight is 342 g/mol. The van der Waals surface area contributed by atoms with Gasteiger partial charge >= 0.3 is 12.1 Å². The van der Waals surface area contributed by atoms with E-state index >= 15 is 0 Å². The number of piperidine rings is 1. The highest BCUT2D eigenvalue weighted by atomic mass is 19.4. The molecule has 24 heavy (non-hydrogen) atoms. The van der Waals surface area contributed by atoms with Crippen LogP contribution in [0.4, 0.5) is 19.0 Å². The fraction of sp³-hybridized carbons (Fsp3) is 0.533. The van der Waals surface area contributed by atoms with Crippen LogP contribution in [0, 0.1) is 12.8 Å². The Morgan fingerprint density at radius 3 is 2.50 bits per heavy atom. The second kappa shape index (κ2) is 5.64. The summed E-state index contributed by atoms with van der Waals surface area (Å²) in [5, 5.41) is 13.1. The summed E-state index contributed by atoms with van der Waals surface area (Å²) in [6.45, 7) is 2.25. The van der Waals surface area contributed by atoms with Crippen LogP contribution < -0.4 is 4.90 Å². The molecule has 0 amide bonds. The van der Waals surface area contributed by atoms with Crippen molar-refractivity contribution in [1.82, 2.24) is 14.8 Å². The predicted octanol–water partition coefficient (Wildman–Crippen LogP) is 2.60. The van der Waals surface area contributed by atoms with Gasteiger partial charge in [0.2, 0.25) is 0 Å². The van der Waals surface area contributed by atoms with E-state index in [2.05, 4.69) is 10.1 Å². The molecule has 3 heterocycles. The van der Waals surface area contributed by atoms with E-state index in [1.807, 2.05) is 0 Å². The number of nitrogens with zero attached hydrogens (tertiary/aromatic N) is 4. The van der Waals surface area contributed by atoms with Gasteiger partial charge in [-0.3, -0.25) is 9.48 Å². The summed E-state index contributed by atoms with van der Waals surface area (Å²) >= 11 is 0. The third-order valence-corrected chi connectivity index (χ3v) is 4.43. The second-order valence-electron chi connectivity index (χ2n) is 6.03. The fourth-order valence-corrected chi connectivity index (χ4v) is 3.17. The normalized spacial score (nSPS) is 16.8. The molecule has 6 nitrogen and oxygen atoms in total. The lowest BCUT2D eigenvalue weighted by Crippen LogP contribution is -2.37. The largest absolute Gasteiger partial charge is 0.481 e. The van der Waals surface area contributed by atoms with Crippen LogP contribution in [-0.4, -0.2) is 38.9 Å². The monoisotopic (exact) mass is 342 g/mol. The van der Waals surface area contributed by atoms with Crippen molar-refractivity contribution >= 4 is 22.8 Å². The van der Waals surface area contributed by atoms with Gasteiger partial charge in [-0.05, 0) is 25.8 Å². The highest BCUT2D eigenvalue weighted by molar-refractivity contribution is 5.84. The number of hydrogen-bond donors (Lipinski definition) is 1. The molecule has 1 saturated heterocycles. The van der Waals surface area contributed by atoms with E-state index in [4.69, 9.17) is 5.11 Å². The van der Waals surface area contributed by atoms with Gasteiger partial charge in [-0.1, -0.05) is 0 Å². The summed E-state index contributed by atoms with van der Waals surface area (Å²) in [5.74, 6) is -1.11. The van der Waals surface area contributed by atoms with Crippen LogP contribution in [-0.2, 0) is 18.0 Å². The number of hydrogen-bond acceptors (Lipinski definition) is 4. The molecule has 2 aromatic rings. The molecule has 130 valence electrons. The Labute approximate surface area is 135 Å². The van der Waals surface area contributed by atoms with Crippen LogP contribution >= 0.6 is 0 Å². The van der Waals surface area contributed by atoms with Gasteiger partial charge in [-0.2, -0.15) is 18.3 Å². The highest BCUT2D eigenvalue weighted by Crippen LogP contribution is 2.38. The lowest BCUT2D eigenvalue weighted by molar-refractivity contribution is -0.142. The molecule has 0 saturated carbocycles. The van der Waals surface area contributed by atoms with Crippen molar-refractivity contribution in [2.75, 3.05) is 18.0 Å². The Bertz CT molecular complexity index is 792. The number of carbonyl (C=O) groups is 1. The molecule has 1 aliphatic heterocycles. The minimum atomic E-state index is -4.51. The highest BCUT2D eigenvalue weighted by Gasteiger charge is 2.36. The number of carboxylic acids is 1. The minimum Gasteiger partial charge on any atom is -0.481 e. The number of pyridine rings is 1. The summed E-state index contributed by atoms with van der Waals surface area (Å²) in [6, 6.07) is 1.04. The van der Waals surface area contributed by atoms with E-state index in [9.17, 15) is 18.0 Å². The van der Waals surface area contributed by atoms with Crippen LogP contribution in [0.2, 0.25) is 0 Å². The van der Waals surface area contributed by atoms with Crippen LogP contribution in [0.3, 0.4) is 0 Å². The number of rotatable bonds is 2. The maximum Gasteiger partial charge on any atom is 0.417 e. The van der Waals surface area contributed by atoms with Gasteiger partial charge in [0, 0.05) is 20.1 Å². The molecule has 0 aromatic carbocycles. The zero-order chi connectivity index (χ0) is 17.6. The quantitative estimate of drug-likeness (QED) is 0.908. The summed E-state index contributed by atoms with van der Waals surface area (Å²) in [7, 11) is 1.56. The molecule has 1 fully saturated rings. The maximum atomic E-state index is 13.5. The predicted molar refractivity (Wildman–Crippen MR) is 80.8 cm³/mol. The summed E-state index contributed by atoms with van der Waals surface area (Å²) in [6.07, 6.45) is -3.73. The van der Waals surface area contributed by atoms with Gasteiger partial charge in [0.1, 0.15) is 5.82 Å². The zero-order valence-corrected chi connectivity index (χ0v) is 13.3. The number of alkyl halides is 3. The van der Waals surface area contributed by atoms with Crippen molar-refractivity contribution in [1.29, 1.82) is 0 Å². The molecule has 0 bridgehead atoms. The standard InChI is InChI=1S/C15H17F3N4O2/c1-8-12-10(15(16,17)18)7-11(19-13(12)21(2)20-8)22-5-3-9(4-6-22)14(23)24/h7,9H,3-6H2,1-2H3,(H,23,24). The Kier molecular flexibility index (Phi) is 3.89. The second-order valence-corrected chi connectivity index (χ2v) is 6.03. The third-order valence-electron chi connectivity index (χ3n) is 4.43. The lowest BCUT2D eigenvalue weighted by Gasteiger charge is -2.31. The van der Waals surface area contributed by atoms with Crippen LogP contribution in [0.25, 0.3) is 11.0 Å². The van der Waals surface area contributed by atoms with Gasteiger partial charge in [-0.15, -0.1) is 0 Å². The smallest absolute Gasteiger partial charge is 0.417 e. The van der Waals surface area contributed by atoms with Gasteiger partial charge in [0.15, 0.2) is 5.65 Å². The first-order valence-electron chi connectivity index (χ1n) is 7.57. The summed E-state index contributed by atoms with van der Waals surface area (Å²) in [4.78, 5) is 17.1. The van der Waals surface area contributed by atoms with Crippen molar-refractivity contribution in [2.24, 2.45) is 13.0 Å². The average Bonchev–Trinajstić information content (AvgIpc) is 2.80. The van der Waals surface area contributed by atoms with Gasteiger partial charge in [-0.25, -0.2) is 4.98 Å². The first-order chi connectivity index (χ1) is 11.2. The Morgan fingerprint density at radius 1 is 1.33 bits per heavy atom. The summed E-state index contributed by atoms with van der Waals surface area (Å²) in [5.41, 5.74) is -0.297. The number of aromatic nitrogens is 3. The van der Waals surface area contributed by atoms with Gasteiger partial charge in [0.25, 0.3) is 0 Å². The SMILES string of the molecule is Cc1nn(C)c2nc(N3CCC(C(=O)O)CC3)cc(C(F)(F)F)c12. The lowest BCUT2D eigenvalue weighted by atomic mass is 9.97. The zero-order valence-electron chi connectivity index (χ0n) is 13.3. The van der Waals surface area contributed by atoms with Crippen LogP contribution in [0.5, 0.6) is 0 Å². The number of aryl methyl sites for hydroxylation is 2. The molecular weight excluding hydrogens is 325 g/mol. The summed E-state index contributed by atoms with van der Waals surface area (Å²) < 4.78 is 41.7. The molecular formula is C15H17F3N4O2. The van der Waals surface area contributed by atoms with Crippen LogP contribution in [0.1, 0.15) is 24.1 Å². The first-order valence-corrected chi connectivity index (χ1v) is 7.57. The maximum absolute atomic E-state index is 13.5. The van der Waals surface area contributed by atoms with Crippen molar-refractivity contribution in [2.45, 2.75) is 25.9 Å². The number of fused-ring (bicyclic) bond motifs is 1. The minimum absolute atomic E-state index is 0.00849. The van der Waals surface area contributed by atoms with Crippen molar-refractivity contribution in [3.63, 3.8) is 0 Å². The van der Waals surface area contributed by atoms with E-state index in [0.717, 1.165) is 6.07 Å². The van der Waals surface area contributed by atoms with Crippen LogP contribution in [0.15, 0.2) is 6.07 Å². The molecule has 0 atom stereocenters. The topological polar surface area (TPSA) is 71.2 Å². The number of anilines is 1. The number of carboxylic acid groups (broad SMARTS) is 1. The van der Waals surface area contributed by atoms with Crippen molar-refractivity contribution < 1.29 is 23.1 Å². The fourth-order valence-electron chi connectivity index (χ4n) is 3.17. The Morgan fingerprint density at radius 2 is 1.96 bits per heavy atom. The molecule has 3 rings (SSSR count). The molecule has 9 heteroatoms. The molecule has 1 aliphatic rings. The third kappa shape index (κ3) is 2.78. The van der Waals surface area contributed by atoms with Crippen molar-refractivity contribution in [3.05, 3.63) is 17.3 Å². The Hall–Kier alpha value is -2.32. The molecule has 0 unspecified atom stereocenters. The number of halogens is 3. The molecule has 0 aliphatic carbocycles. The Balaban J connectivity index is 2.04.